The molecule has 0 spiro atoms. The zero-order valence-electron chi connectivity index (χ0n) is 7.03. The first-order valence-corrected chi connectivity index (χ1v) is 3.62. The molecule has 1 amide bonds. The SMILES string of the molecule is CC#CCNCCC(=O)NC. The summed E-state index contributed by atoms with van der Waals surface area (Å²) in [5.74, 6) is 5.66. The van der Waals surface area contributed by atoms with E-state index in [2.05, 4.69) is 22.5 Å². The van der Waals surface area contributed by atoms with E-state index in [0.717, 1.165) is 0 Å². The molecule has 0 aliphatic heterocycles. The summed E-state index contributed by atoms with van der Waals surface area (Å²) in [5.41, 5.74) is 0. The molecule has 0 rings (SSSR count). The third kappa shape index (κ3) is 6.88. The highest BCUT2D eigenvalue weighted by Crippen LogP contribution is 1.73. The van der Waals surface area contributed by atoms with E-state index < -0.39 is 0 Å². The summed E-state index contributed by atoms with van der Waals surface area (Å²) in [4.78, 5) is 10.7. The van der Waals surface area contributed by atoms with E-state index in [0.29, 0.717) is 19.5 Å². The lowest BCUT2D eigenvalue weighted by atomic mass is 10.4. The normalized spacial score (nSPS) is 8.18. The highest BCUT2D eigenvalue weighted by Gasteiger charge is 1.93. The molecule has 11 heavy (non-hydrogen) atoms. The summed E-state index contributed by atoms with van der Waals surface area (Å²) in [7, 11) is 1.63. The topological polar surface area (TPSA) is 41.1 Å². The van der Waals surface area contributed by atoms with E-state index in [4.69, 9.17) is 0 Å². The van der Waals surface area contributed by atoms with Crippen molar-refractivity contribution in [3.63, 3.8) is 0 Å². The van der Waals surface area contributed by atoms with Gasteiger partial charge in [-0.1, -0.05) is 5.92 Å². The van der Waals surface area contributed by atoms with Gasteiger partial charge in [0.05, 0.1) is 6.54 Å². The fourth-order valence-electron chi connectivity index (χ4n) is 0.566. The Morgan fingerprint density at radius 3 is 2.82 bits per heavy atom. The van der Waals surface area contributed by atoms with Crippen LogP contribution in [0.1, 0.15) is 13.3 Å². The predicted molar refractivity (Wildman–Crippen MR) is 45.0 cm³/mol. The number of hydrogen-bond acceptors (Lipinski definition) is 2. The van der Waals surface area contributed by atoms with Crippen molar-refractivity contribution < 1.29 is 4.79 Å². The number of nitrogens with one attached hydrogen (secondary N) is 2. The first-order valence-electron chi connectivity index (χ1n) is 3.62. The number of hydrogen-bond donors (Lipinski definition) is 2. The zero-order valence-corrected chi connectivity index (χ0v) is 7.03. The van der Waals surface area contributed by atoms with Crippen molar-refractivity contribution in [3.8, 4) is 11.8 Å². The van der Waals surface area contributed by atoms with Crippen LogP contribution in [-0.2, 0) is 4.79 Å². The smallest absolute Gasteiger partial charge is 0.221 e. The van der Waals surface area contributed by atoms with Gasteiger partial charge in [0.1, 0.15) is 0 Å². The molecule has 0 heterocycles. The van der Waals surface area contributed by atoms with Crippen LogP contribution in [0.15, 0.2) is 0 Å². The third-order valence-corrected chi connectivity index (χ3v) is 1.20. The average molecular weight is 154 g/mol. The second-order valence-corrected chi connectivity index (χ2v) is 2.03. The zero-order chi connectivity index (χ0) is 8.53. The standard InChI is InChI=1S/C8H14N2O/c1-3-4-6-10-7-5-8(11)9-2/h10H,5-7H2,1-2H3,(H,9,11). The molecule has 0 saturated carbocycles. The second-order valence-electron chi connectivity index (χ2n) is 2.03. The Balaban J connectivity index is 3.12. The molecule has 0 unspecified atom stereocenters. The molecule has 0 bridgehead atoms. The Hall–Kier alpha value is -1.01. The van der Waals surface area contributed by atoms with E-state index in [-0.39, 0.29) is 5.91 Å². The van der Waals surface area contributed by atoms with Gasteiger partial charge in [0.25, 0.3) is 0 Å². The second kappa shape index (κ2) is 7.10. The summed E-state index contributed by atoms with van der Waals surface area (Å²) in [5, 5.41) is 5.56. The van der Waals surface area contributed by atoms with Gasteiger partial charge in [0.15, 0.2) is 0 Å². The van der Waals surface area contributed by atoms with Crippen LogP contribution in [0.25, 0.3) is 0 Å². The molecule has 0 aromatic rings. The lowest BCUT2D eigenvalue weighted by molar-refractivity contribution is -0.120. The minimum Gasteiger partial charge on any atom is -0.359 e. The molecule has 3 heteroatoms. The van der Waals surface area contributed by atoms with Crippen molar-refractivity contribution in [3.05, 3.63) is 0 Å². The first kappa shape index (κ1) is 9.99. The highest BCUT2D eigenvalue weighted by molar-refractivity contribution is 5.75. The van der Waals surface area contributed by atoms with Crippen LogP contribution in [0.3, 0.4) is 0 Å². The van der Waals surface area contributed by atoms with Crippen molar-refractivity contribution in [2.75, 3.05) is 20.1 Å². The van der Waals surface area contributed by atoms with Crippen molar-refractivity contribution in [1.82, 2.24) is 10.6 Å². The first-order chi connectivity index (χ1) is 5.31. The van der Waals surface area contributed by atoms with Crippen LogP contribution in [0, 0.1) is 11.8 Å². The fraction of sp³-hybridized carbons (Fsp3) is 0.625. The molecule has 3 nitrogen and oxygen atoms in total. The van der Waals surface area contributed by atoms with E-state index in [1.54, 1.807) is 14.0 Å². The van der Waals surface area contributed by atoms with Gasteiger partial charge in [-0.05, 0) is 6.92 Å². The Bertz CT molecular complexity index is 167. The van der Waals surface area contributed by atoms with E-state index in [1.807, 2.05) is 0 Å². The monoisotopic (exact) mass is 154 g/mol. The van der Waals surface area contributed by atoms with Crippen molar-refractivity contribution in [2.45, 2.75) is 13.3 Å². The lowest BCUT2D eigenvalue weighted by Gasteiger charge is -1.98. The molecule has 62 valence electrons. The van der Waals surface area contributed by atoms with E-state index in [9.17, 15) is 4.79 Å². The molecule has 2 N–H and O–H groups in total. The quantitative estimate of drug-likeness (QED) is 0.432. The maximum atomic E-state index is 10.7. The summed E-state index contributed by atoms with van der Waals surface area (Å²) in [6.45, 7) is 3.14. The van der Waals surface area contributed by atoms with Crippen LogP contribution in [0.2, 0.25) is 0 Å². The summed E-state index contributed by atoms with van der Waals surface area (Å²) in [6.07, 6.45) is 0.516. The molecule has 0 saturated heterocycles. The molecular formula is C8H14N2O. The van der Waals surface area contributed by atoms with Gasteiger partial charge < -0.3 is 10.6 Å². The predicted octanol–water partition coefficient (Wildman–Crippen LogP) is -0.265. The van der Waals surface area contributed by atoms with Crippen LogP contribution in [0.4, 0.5) is 0 Å². The van der Waals surface area contributed by atoms with Gasteiger partial charge in [0.2, 0.25) is 5.91 Å². The van der Waals surface area contributed by atoms with Gasteiger partial charge in [-0.15, -0.1) is 5.92 Å². The highest BCUT2D eigenvalue weighted by atomic mass is 16.1. The fourth-order valence-corrected chi connectivity index (χ4v) is 0.566. The van der Waals surface area contributed by atoms with Crippen LogP contribution >= 0.6 is 0 Å². The maximum absolute atomic E-state index is 10.7. The summed E-state index contributed by atoms with van der Waals surface area (Å²) < 4.78 is 0. The number of carbonyl (C=O) groups excluding carboxylic acids is 1. The molecule has 0 aromatic carbocycles. The van der Waals surface area contributed by atoms with Gasteiger partial charge >= 0.3 is 0 Å². The molecule has 0 fully saturated rings. The van der Waals surface area contributed by atoms with E-state index in [1.165, 1.54) is 0 Å². The average Bonchev–Trinajstić information content (AvgIpc) is 2.04. The van der Waals surface area contributed by atoms with Crippen molar-refractivity contribution in [1.29, 1.82) is 0 Å². The van der Waals surface area contributed by atoms with Crippen LogP contribution in [-0.4, -0.2) is 26.0 Å². The van der Waals surface area contributed by atoms with Crippen molar-refractivity contribution in [2.24, 2.45) is 0 Å². The van der Waals surface area contributed by atoms with Gasteiger partial charge in [-0.3, -0.25) is 4.79 Å². The molecular weight excluding hydrogens is 140 g/mol. The summed E-state index contributed by atoms with van der Waals surface area (Å²) >= 11 is 0. The third-order valence-electron chi connectivity index (χ3n) is 1.20. The van der Waals surface area contributed by atoms with Crippen LogP contribution < -0.4 is 10.6 Å². The van der Waals surface area contributed by atoms with Crippen molar-refractivity contribution >= 4 is 5.91 Å². The molecule has 0 radical (unpaired) electrons. The number of amides is 1. The summed E-state index contributed by atoms with van der Waals surface area (Å²) in [6, 6.07) is 0. The minimum absolute atomic E-state index is 0.0574. The van der Waals surface area contributed by atoms with Gasteiger partial charge in [0, 0.05) is 20.0 Å². The van der Waals surface area contributed by atoms with Gasteiger partial charge in [-0.25, -0.2) is 0 Å². The van der Waals surface area contributed by atoms with Crippen LogP contribution in [0.5, 0.6) is 0 Å². The van der Waals surface area contributed by atoms with Gasteiger partial charge in [-0.2, -0.15) is 0 Å². The molecule has 0 aliphatic carbocycles. The minimum atomic E-state index is 0.0574. The number of carbonyl (C=O) groups is 1. The Morgan fingerprint density at radius 2 is 2.27 bits per heavy atom. The number of rotatable bonds is 4. The maximum Gasteiger partial charge on any atom is 0.221 e. The Labute approximate surface area is 67.6 Å². The Morgan fingerprint density at radius 1 is 1.55 bits per heavy atom. The lowest BCUT2D eigenvalue weighted by Crippen LogP contribution is -2.24. The molecule has 0 aliphatic rings. The van der Waals surface area contributed by atoms with E-state index >= 15 is 0 Å². The molecule has 0 atom stereocenters. The molecule has 0 aromatic heterocycles. The largest absolute Gasteiger partial charge is 0.359 e. The Kier molecular flexibility index (Phi) is 6.45.